The SMILES string of the molecule is CCCSc1cnn(-c2ccc(Br)cc2)c1N. The summed E-state index contributed by atoms with van der Waals surface area (Å²) in [6, 6.07) is 7.94. The van der Waals surface area contributed by atoms with Crippen LogP contribution in [0.1, 0.15) is 13.3 Å². The largest absolute Gasteiger partial charge is 0.383 e. The number of aromatic nitrogens is 2. The second-order valence-electron chi connectivity index (χ2n) is 3.63. The van der Waals surface area contributed by atoms with Gasteiger partial charge in [-0.1, -0.05) is 22.9 Å². The highest BCUT2D eigenvalue weighted by Crippen LogP contribution is 2.27. The highest BCUT2D eigenvalue weighted by atomic mass is 79.9. The molecule has 2 aromatic rings. The predicted molar refractivity (Wildman–Crippen MR) is 76.7 cm³/mol. The maximum absolute atomic E-state index is 6.08. The smallest absolute Gasteiger partial charge is 0.140 e. The Hall–Kier alpha value is -0.940. The van der Waals surface area contributed by atoms with E-state index < -0.39 is 0 Å². The molecule has 5 heteroatoms. The van der Waals surface area contributed by atoms with Crippen LogP contribution in [-0.2, 0) is 0 Å². The highest BCUT2D eigenvalue weighted by Gasteiger charge is 2.08. The lowest BCUT2D eigenvalue weighted by Crippen LogP contribution is -2.01. The molecule has 2 rings (SSSR count). The first-order valence-corrected chi connectivity index (χ1v) is 7.22. The van der Waals surface area contributed by atoms with E-state index in [1.165, 1.54) is 0 Å². The zero-order valence-corrected chi connectivity index (χ0v) is 12.0. The molecule has 0 radical (unpaired) electrons. The fourth-order valence-corrected chi connectivity index (χ4v) is 2.50. The van der Waals surface area contributed by atoms with E-state index >= 15 is 0 Å². The van der Waals surface area contributed by atoms with E-state index in [9.17, 15) is 0 Å². The fraction of sp³-hybridized carbons (Fsp3) is 0.250. The second kappa shape index (κ2) is 5.60. The Bertz CT molecular complexity index is 493. The predicted octanol–water partition coefficient (Wildman–Crippen LogP) is 3.72. The van der Waals surface area contributed by atoms with Crippen molar-refractivity contribution < 1.29 is 0 Å². The third-order valence-corrected chi connectivity index (χ3v) is 4.07. The summed E-state index contributed by atoms with van der Waals surface area (Å²) in [4.78, 5) is 1.05. The van der Waals surface area contributed by atoms with Gasteiger partial charge in [0.25, 0.3) is 0 Å². The van der Waals surface area contributed by atoms with Gasteiger partial charge in [0.2, 0.25) is 0 Å². The number of anilines is 1. The number of nitrogen functional groups attached to an aromatic ring is 1. The van der Waals surface area contributed by atoms with Crippen molar-refractivity contribution in [3.8, 4) is 5.69 Å². The molecule has 0 aliphatic carbocycles. The number of benzene rings is 1. The van der Waals surface area contributed by atoms with Crippen LogP contribution in [0.25, 0.3) is 5.69 Å². The quantitative estimate of drug-likeness (QED) is 0.875. The van der Waals surface area contributed by atoms with Crippen LogP contribution in [-0.4, -0.2) is 15.5 Å². The molecule has 3 nitrogen and oxygen atoms in total. The number of nitrogens with two attached hydrogens (primary N) is 1. The number of hydrogen-bond acceptors (Lipinski definition) is 3. The van der Waals surface area contributed by atoms with Crippen molar-refractivity contribution in [3.63, 3.8) is 0 Å². The first-order valence-electron chi connectivity index (χ1n) is 5.44. The zero-order chi connectivity index (χ0) is 12.3. The van der Waals surface area contributed by atoms with E-state index in [4.69, 9.17) is 5.73 Å². The van der Waals surface area contributed by atoms with Crippen molar-refractivity contribution in [3.05, 3.63) is 34.9 Å². The van der Waals surface area contributed by atoms with Crippen molar-refractivity contribution in [1.82, 2.24) is 9.78 Å². The lowest BCUT2D eigenvalue weighted by molar-refractivity contribution is 0.891. The zero-order valence-electron chi connectivity index (χ0n) is 9.56. The standard InChI is InChI=1S/C12H14BrN3S/c1-2-7-17-11-8-15-16(12(11)14)10-5-3-9(13)4-6-10/h3-6,8H,2,7,14H2,1H3. The van der Waals surface area contributed by atoms with Gasteiger partial charge in [-0.15, -0.1) is 11.8 Å². The van der Waals surface area contributed by atoms with Crippen LogP contribution in [0.5, 0.6) is 0 Å². The second-order valence-corrected chi connectivity index (χ2v) is 5.68. The van der Waals surface area contributed by atoms with Crippen LogP contribution in [0.3, 0.4) is 0 Å². The van der Waals surface area contributed by atoms with Crippen molar-refractivity contribution in [2.45, 2.75) is 18.2 Å². The van der Waals surface area contributed by atoms with Crippen molar-refractivity contribution in [2.24, 2.45) is 0 Å². The van der Waals surface area contributed by atoms with E-state index in [-0.39, 0.29) is 0 Å². The molecular formula is C12H14BrN3S. The molecule has 0 spiro atoms. The van der Waals surface area contributed by atoms with Crippen molar-refractivity contribution >= 4 is 33.5 Å². The third kappa shape index (κ3) is 2.84. The highest BCUT2D eigenvalue weighted by molar-refractivity contribution is 9.10. The van der Waals surface area contributed by atoms with Crippen LogP contribution in [0, 0.1) is 0 Å². The molecule has 17 heavy (non-hydrogen) atoms. The van der Waals surface area contributed by atoms with Gasteiger partial charge >= 0.3 is 0 Å². The average molecular weight is 312 g/mol. The summed E-state index contributed by atoms with van der Waals surface area (Å²) in [7, 11) is 0. The van der Waals surface area contributed by atoms with E-state index in [1.54, 1.807) is 16.4 Å². The fourth-order valence-electron chi connectivity index (χ4n) is 1.45. The van der Waals surface area contributed by atoms with Gasteiger partial charge in [-0.3, -0.25) is 0 Å². The molecule has 1 heterocycles. The van der Waals surface area contributed by atoms with Crippen LogP contribution in [0.2, 0.25) is 0 Å². The van der Waals surface area contributed by atoms with E-state index in [2.05, 4.69) is 28.0 Å². The minimum absolute atomic E-state index is 0.714. The monoisotopic (exact) mass is 311 g/mol. The van der Waals surface area contributed by atoms with E-state index in [1.807, 2.05) is 30.5 Å². The molecule has 0 saturated heterocycles. The van der Waals surface area contributed by atoms with Gasteiger partial charge < -0.3 is 5.73 Å². The number of halogens is 1. The molecular weight excluding hydrogens is 298 g/mol. The van der Waals surface area contributed by atoms with Gasteiger partial charge in [-0.25, -0.2) is 4.68 Å². The Kier molecular flexibility index (Phi) is 4.12. The topological polar surface area (TPSA) is 43.8 Å². The van der Waals surface area contributed by atoms with Crippen LogP contribution in [0.4, 0.5) is 5.82 Å². The summed E-state index contributed by atoms with van der Waals surface area (Å²) >= 11 is 5.16. The number of thioether (sulfide) groups is 1. The van der Waals surface area contributed by atoms with Gasteiger partial charge in [-0.2, -0.15) is 5.10 Å². The number of rotatable bonds is 4. The Morgan fingerprint density at radius 1 is 1.35 bits per heavy atom. The molecule has 0 aliphatic rings. The molecule has 1 aromatic heterocycles. The molecule has 0 fully saturated rings. The Morgan fingerprint density at radius 2 is 2.06 bits per heavy atom. The summed E-state index contributed by atoms with van der Waals surface area (Å²) in [5, 5.41) is 4.32. The summed E-state index contributed by atoms with van der Waals surface area (Å²) in [6.07, 6.45) is 2.96. The minimum atomic E-state index is 0.714. The van der Waals surface area contributed by atoms with Gasteiger partial charge in [0, 0.05) is 4.47 Å². The molecule has 0 bridgehead atoms. The molecule has 0 atom stereocenters. The van der Waals surface area contributed by atoms with Gasteiger partial charge in [0.1, 0.15) is 5.82 Å². The Balaban J connectivity index is 2.27. The van der Waals surface area contributed by atoms with Gasteiger partial charge in [0.15, 0.2) is 0 Å². The van der Waals surface area contributed by atoms with E-state index in [0.29, 0.717) is 5.82 Å². The van der Waals surface area contributed by atoms with Gasteiger partial charge in [0.05, 0.1) is 16.8 Å². The molecule has 0 amide bonds. The number of hydrogen-bond donors (Lipinski definition) is 1. The maximum atomic E-state index is 6.08. The van der Waals surface area contributed by atoms with Crippen LogP contribution < -0.4 is 5.73 Å². The van der Waals surface area contributed by atoms with Crippen LogP contribution >= 0.6 is 27.7 Å². The summed E-state index contributed by atoms with van der Waals surface area (Å²) in [5.74, 6) is 1.78. The van der Waals surface area contributed by atoms with Crippen LogP contribution in [0.15, 0.2) is 39.8 Å². The van der Waals surface area contributed by atoms with Gasteiger partial charge in [-0.05, 0) is 36.4 Å². The summed E-state index contributed by atoms with van der Waals surface area (Å²) in [6.45, 7) is 2.16. The van der Waals surface area contributed by atoms with Crippen molar-refractivity contribution in [1.29, 1.82) is 0 Å². The molecule has 90 valence electrons. The normalized spacial score (nSPS) is 10.7. The summed E-state index contributed by atoms with van der Waals surface area (Å²) in [5.41, 5.74) is 7.06. The first-order chi connectivity index (χ1) is 8.22. The lowest BCUT2D eigenvalue weighted by atomic mass is 10.3. The molecule has 1 aromatic carbocycles. The Morgan fingerprint density at radius 3 is 2.71 bits per heavy atom. The summed E-state index contributed by atoms with van der Waals surface area (Å²) < 4.78 is 2.82. The third-order valence-electron chi connectivity index (χ3n) is 2.30. The lowest BCUT2D eigenvalue weighted by Gasteiger charge is -2.05. The van der Waals surface area contributed by atoms with Crippen molar-refractivity contribution in [2.75, 3.05) is 11.5 Å². The minimum Gasteiger partial charge on any atom is -0.383 e. The first kappa shape index (κ1) is 12.5. The molecule has 2 N–H and O–H groups in total. The molecule has 0 unspecified atom stereocenters. The molecule has 0 aliphatic heterocycles. The maximum Gasteiger partial charge on any atom is 0.140 e. The Labute approximate surface area is 114 Å². The average Bonchev–Trinajstić information content (AvgIpc) is 2.69. The van der Waals surface area contributed by atoms with E-state index in [0.717, 1.165) is 27.2 Å². The number of nitrogens with zero attached hydrogens (tertiary/aromatic N) is 2. The molecule has 0 saturated carbocycles.